The van der Waals surface area contributed by atoms with Crippen molar-refractivity contribution in [3.63, 3.8) is 0 Å². The van der Waals surface area contributed by atoms with Crippen LogP contribution < -0.4 is 15.5 Å². The van der Waals surface area contributed by atoms with Gasteiger partial charge in [0.05, 0.1) is 13.2 Å². The molecule has 0 saturated carbocycles. The predicted octanol–water partition coefficient (Wildman–Crippen LogP) is 2.52. The SMILES string of the molecule is CC(=O)Nc1ccc(Nc2cc(N3CCC4(CC3)OCCO4)ncn2)cc1. The fraction of sp³-hybridized carbons (Fsp3) is 0.421. The van der Waals surface area contributed by atoms with Crippen LogP contribution in [0.3, 0.4) is 0 Å². The van der Waals surface area contributed by atoms with Gasteiger partial charge in [-0.3, -0.25) is 4.79 Å². The van der Waals surface area contributed by atoms with Crippen LogP contribution in [0.1, 0.15) is 19.8 Å². The molecule has 3 heterocycles. The van der Waals surface area contributed by atoms with E-state index in [2.05, 4.69) is 25.5 Å². The molecule has 142 valence electrons. The van der Waals surface area contributed by atoms with E-state index in [9.17, 15) is 4.79 Å². The maximum absolute atomic E-state index is 11.1. The number of hydrogen-bond donors (Lipinski definition) is 2. The van der Waals surface area contributed by atoms with Crippen LogP contribution in [-0.2, 0) is 14.3 Å². The largest absolute Gasteiger partial charge is 0.356 e. The van der Waals surface area contributed by atoms with E-state index in [1.165, 1.54) is 6.92 Å². The first-order chi connectivity index (χ1) is 13.1. The lowest BCUT2D eigenvalue weighted by atomic mass is 10.0. The molecule has 27 heavy (non-hydrogen) atoms. The van der Waals surface area contributed by atoms with Crippen molar-refractivity contribution in [2.45, 2.75) is 25.6 Å². The van der Waals surface area contributed by atoms with Gasteiger partial charge in [-0.2, -0.15) is 0 Å². The zero-order valence-electron chi connectivity index (χ0n) is 15.3. The Balaban J connectivity index is 1.40. The van der Waals surface area contributed by atoms with Gasteiger partial charge in [0, 0.05) is 50.3 Å². The normalized spacial score (nSPS) is 18.5. The highest BCUT2D eigenvalue weighted by Gasteiger charge is 2.40. The first-order valence-corrected chi connectivity index (χ1v) is 9.12. The summed E-state index contributed by atoms with van der Waals surface area (Å²) < 4.78 is 11.6. The lowest BCUT2D eigenvalue weighted by Gasteiger charge is -2.38. The fourth-order valence-electron chi connectivity index (χ4n) is 3.44. The first-order valence-electron chi connectivity index (χ1n) is 9.12. The van der Waals surface area contributed by atoms with Crippen molar-refractivity contribution in [3.8, 4) is 0 Å². The van der Waals surface area contributed by atoms with E-state index >= 15 is 0 Å². The minimum Gasteiger partial charge on any atom is -0.356 e. The Hall–Kier alpha value is -2.71. The van der Waals surface area contributed by atoms with Gasteiger partial charge in [-0.15, -0.1) is 0 Å². The molecule has 1 aromatic heterocycles. The van der Waals surface area contributed by atoms with Crippen LogP contribution in [0.15, 0.2) is 36.7 Å². The molecule has 8 nitrogen and oxygen atoms in total. The van der Waals surface area contributed by atoms with E-state index in [1.807, 2.05) is 30.3 Å². The van der Waals surface area contributed by atoms with Crippen molar-refractivity contribution >= 4 is 28.9 Å². The van der Waals surface area contributed by atoms with Gasteiger partial charge in [0.15, 0.2) is 5.79 Å². The second kappa shape index (κ2) is 7.50. The molecule has 2 aromatic rings. The smallest absolute Gasteiger partial charge is 0.221 e. The summed E-state index contributed by atoms with van der Waals surface area (Å²) in [5, 5.41) is 6.02. The molecule has 4 rings (SSSR count). The van der Waals surface area contributed by atoms with E-state index in [-0.39, 0.29) is 11.7 Å². The second-order valence-electron chi connectivity index (χ2n) is 6.74. The predicted molar refractivity (Wildman–Crippen MR) is 102 cm³/mol. The van der Waals surface area contributed by atoms with Gasteiger partial charge in [-0.25, -0.2) is 9.97 Å². The molecule has 0 aliphatic carbocycles. The Morgan fingerprint density at radius 1 is 1.07 bits per heavy atom. The Bertz CT molecular complexity index is 795. The number of nitrogens with zero attached hydrogens (tertiary/aromatic N) is 3. The summed E-state index contributed by atoms with van der Waals surface area (Å²) >= 11 is 0. The van der Waals surface area contributed by atoms with Crippen LogP contribution in [-0.4, -0.2) is 48.0 Å². The van der Waals surface area contributed by atoms with Crippen LogP contribution in [0.4, 0.5) is 23.0 Å². The van der Waals surface area contributed by atoms with E-state index in [0.29, 0.717) is 13.2 Å². The maximum atomic E-state index is 11.1. The van der Waals surface area contributed by atoms with E-state index in [4.69, 9.17) is 9.47 Å². The number of carbonyl (C=O) groups is 1. The number of amides is 1. The average Bonchev–Trinajstić information content (AvgIpc) is 3.12. The molecule has 0 radical (unpaired) electrons. The van der Waals surface area contributed by atoms with Gasteiger partial charge >= 0.3 is 0 Å². The summed E-state index contributed by atoms with van der Waals surface area (Å²) in [6, 6.07) is 9.42. The highest BCUT2D eigenvalue weighted by molar-refractivity contribution is 5.88. The van der Waals surface area contributed by atoms with Crippen LogP contribution in [0, 0.1) is 0 Å². The molecule has 2 N–H and O–H groups in total. The van der Waals surface area contributed by atoms with Gasteiger partial charge in [0.1, 0.15) is 18.0 Å². The highest BCUT2D eigenvalue weighted by atomic mass is 16.7. The quantitative estimate of drug-likeness (QED) is 0.856. The molecule has 1 amide bonds. The number of aromatic nitrogens is 2. The summed E-state index contributed by atoms with van der Waals surface area (Å²) in [7, 11) is 0. The molecule has 1 spiro atoms. The number of rotatable bonds is 4. The summed E-state index contributed by atoms with van der Waals surface area (Å²) in [5.41, 5.74) is 1.65. The number of carbonyl (C=O) groups excluding carboxylic acids is 1. The molecule has 2 fully saturated rings. The van der Waals surface area contributed by atoms with E-state index in [1.54, 1.807) is 6.33 Å². The Morgan fingerprint density at radius 2 is 1.74 bits per heavy atom. The molecule has 2 saturated heterocycles. The number of anilines is 4. The van der Waals surface area contributed by atoms with Gasteiger partial charge in [-0.05, 0) is 24.3 Å². The molecular formula is C19H23N5O3. The third kappa shape index (κ3) is 4.17. The van der Waals surface area contributed by atoms with Crippen molar-refractivity contribution in [2.75, 3.05) is 41.8 Å². The third-order valence-corrected chi connectivity index (χ3v) is 4.79. The molecule has 2 aliphatic rings. The van der Waals surface area contributed by atoms with E-state index < -0.39 is 0 Å². The van der Waals surface area contributed by atoms with Crippen LogP contribution >= 0.6 is 0 Å². The van der Waals surface area contributed by atoms with Crippen LogP contribution in [0.5, 0.6) is 0 Å². The lowest BCUT2D eigenvalue weighted by molar-refractivity contribution is -0.169. The summed E-state index contributed by atoms with van der Waals surface area (Å²) in [4.78, 5) is 22.0. The summed E-state index contributed by atoms with van der Waals surface area (Å²) in [6.07, 6.45) is 3.24. The molecule has 1 aromatic carbocycles. The van der Waals surface area contributed by atoms with Crippen molar-refractivity contribution in [1.29, 1.82) is 0 Å². The van der Waals surface area contributed by atoms with Gasteiger partial charge in [0.2, 0.25) is 5.91 Å². The zero-order chi connectivity index (χ0) is 18.7. The number of benzene rings is 1. The fourth-order valence-corrected chi connectivity index (χ4v) is 3.44. The van der Waals surface area contributed by atoms with Crippen molar-refractivity contribution in [3.05, 3.63) is 36.7 Å². The average molecular weight is 369 g/mol. The molecule has 0 bridgehead atoms. The Kier molecular flexibility index (Phi) is 4.91. The minimum atomic E-state index is -0.389. The Labute approximate surface area is 157 Å². The molecular weight excluding hydrogens is 346 g/mol. The molecule has 0 atom stereocenters. The maximum Gasteiger partial charge on any atom is 0.221 e. The standard InChI is InChI=1S/C19H23N5O3/c1-14(25)22-15-2-4-16(5-3-15)23-17-12-18(21-13-20-17)24-8-6-19(7-9-24)26-10-11-27-19/h2-5,12-13H,6-11H2,1H3,(H,22,25)(H,20,21,23). The van der Waals surface area contributed by atoms with E-state index in [0.717, 1.165) is 48.9 Å². The van der Waals surface area contributed by atoms with Crippen LogP contribution in [0.25, 0.3) is 0 Å². The number of ether oxygens (including phenoxy) is 2. The number of piperidine rings is 1. The number of hydrogen-bond acceptors (Lipinski definition) is 7. The second-order valence-corrected chi connectivity index (χ2v) is 6.74. The first kappa shape index (κ1) is 17.7. The summed E-state index contributed by atoms with van der Waals surface area (Å²) in [6.45, 7) is 4.52. The Morgan fingerprint density at radius 3 is 2.41 bits per heavy atom. The zero-order valence-corrected chi connectivity index (χ0v) is 15.3. The van der Waals surface area contributed by atoms with Gasteiger partial charge in [0.25, 0.3) is 0 Å². The number of nitrogens with one attached hydrogen (secondary N) is 2. The molecule has 8 heteroatoms. The van der Waals surface area contributed by atoms with Crippen molar-refractivity contribution < 1.29 is 14.3 Å². The summed E-state index contributed by atoms with van der Waals surface area (Å²) in [5.74, 6) is 1.13. The van der Waals surface area contributed by atoms with Crippen LogP contribution in [0.2, 0.25) is 0 Å². The highest BCUT2D eigenvalue weighted by Crippen LogP contribution is 2.33. The van der Waals surface area contributed by atoms with Gasteiger partial charge < -0.3 is 25.0 Å². The van der Waals surface area contributed by atoms with Gasteiger partial charge in [-0.1, -0.05) is 0 Å². The minimum absolute atomic E-state index is 0.0899. The monoisotopic (exact) mass is 369 g/mol. The third-order valence-electron chi connectivity index (χ3n) is 4.79. The molecule has 2 aliphatic heterocycles. The van der Waals surface area contributed by atoms with Crippen molar-refractivity contribution in [1.82, 2.24) is 9.97 Å². The van der Waals surface area contributed by atoms with Crippen molar-refractivity contribution in [2.24, 2.45) is 0 Å². The topological polar surface area (TPSA) is 88.6 Å². The molecule has 0 unspecified atom stereocenters. The lowest BCUT2D eigenvalue weighted by Crippen LogP contribution is -2.45.